The van der Waals surface area contributed by atoms with Crippen molar-refractivity contribution in [2.24, 2.45) is 0 Å². The van der Waals surface area contributed by atoms with E-state index in [1.165, 1.54) is 11.3 Å². The third kappa shape index (κ3) is 6.05. The highest BCUT2D eigenvalue weighted by Crippen LogP contribution is 2.31. The van der Waals surface area contributed by atoms with Gasteiger partial charge in [-0.15, -0.1) is 11.3 Å². The van der Waals surface area contributed by atoms with Crippen LogP contribution in [-0.2, 0) is 11.2 Å². The minimum absolute atomic E-state index is 0.00750. The maximum Gasteiger partial charge on any atom is 0.220 e. The van der Waals surface area contributed by atoms with Crippen LogP contribution in [0.3, 0.4) is 0 Å². The molecule has 0 spiro atoms. The highest BCUT2D eigenvalue weighted by molar-refractivity contribution is 7.20. The number of halogens is 2. The quantitative estimate of drug-likeness (QED) is 0.812. The van der Waals surface area contributed by atoms with Gasteiger partial charge in [0.2, 0.25) is 5.91 Å². The van der Waals surface area contributed by atoms with E-state index >= 15 is 0 Å². The van der Waals surface area contributed by atoms with Crippen molar-refractivity contribution in [2.45, 2.75) is 38.7 Å². The summed E-state index contributed by atoms with van der Waals surface area (Å²) in [5.41, 5.74) is 1.00. The molecule has 3 nitrogen and oxygen atoms in total. The highest BCUT2D eigenvalue weighted by Gasteiger charge is 2.07. The molecule has 1 rings (SSSR count). The summed E-state index contributed by atoms with van der Waals surface area (Å²) in [6.07, 6.45) is 2.16. The Bertz CT molecular complexity index is 393. The number of aryl methyl sites for hydroxylation is 1. The molecular formula is C12H17Cl2NO2S. The van der Waals surface area contributed by atoms with Gasteiger partial charge in [0.05, 0.1) is 14.8 Å². The van der Waals surface area contributed by atoms with Crippen LogP contribution in [0.5, 0.6) is 0 Å². The molecule has 1 unspecified atom stereocenters. The van der Waals surface area contributed by atoms with Gasteiger partial charge in [-0.2, -0.15) is 0 Å². The zero-order valence-corrected chi connectivity index (χ0v) is 12.5. The second-order valence-corrected chi connectivity index (χ2v) is 6.48. The van der Waals surface area contributed by atoms with Gasteiger partial charge in [0, 0.05) is 13.0 Å². The lowest BCUT2D eigenvalue weighted by atomic mass is 10.1. The van der Waals surface area contributed by atoms with E-state index in [0.717, 1.165) is 18.4 Å². The Morgan fingerprint density at radius 2 is 2.28 bits per heavy atom. The fourth-order valence-corrected chi connectivity index (χ4v) is 3.04. The molecule has 0 saturated carbocycles. The highest BCUT2D eigenvalue weighted by atomic mass is 35.5. The molecule has 0 aliphatic heterocycles. The molecule has 1 aromatic rings. The lowest BCUT2D eigenvalue weighted by molar-refractivity contribution is -0.121. The fourth-order valence-electron chi connectivity index (χ4n) is 1.49. The molecule has 0 fully saturated rings. The van der Waals surface area contributed by atoms with Crippen molar-refractivity contribution in [2.75, 3.05) is 6.54 Å². The number of carbonyl (C=O) groups is 1. The first-order valence-electron chi connectivity index (χ1n) is 5.87. The molecule has 1 amide bonds. The monoisotopic (exact) mass is 309 g/mol. The Morgan fingerprint density at radius 1 is 1.56 bits per heavy atom. The van der Waals surface area contributed by atoms with E-state index < -0.39 is 0 Å². The lowest BCUT2D eigenvalue weighted by Crippen LogP contribution is -2.26. The molecule has 0 aliphatic carbocycles. The number of aliphatic hydroxyl groups is 1. The third-order valence-electron chi connectivity index (χ3n) is 2.46. The van der Waals surface area contributed by atoms with Crippen LogP contribution >= 0.6 is 34.5 Å². The van der Waals surface area contributed by atoms with Crippen LogP contribution in [0.1, 0.15) is 31.7 Å². The number of aliphatic hydroxyl groups excluding tert-OH is 1. The number of hydrogen-bond acceptors (Lipinski definition) is 3. The van der Waals surface area contributed by atoms with Gasteiger partial charge >= 0.3 is 0 Å². The molecule has 1 atom stereocenters. The van der Waals surface area contributed by atoms with Crippen LogP contribution in [0.25, 0.3) is 0 Å². The molecular weight excluding hydrogens is 293 g/mol. The molecule has 1 aromatic heterocycles. The first-order chi connectivity index (χ1) is 8.49. The summed E-state index contributed by atoms with van der Waals surface area (Å²) >= 11 is 13.2. The van der Waals surface area contributed by atoms with Gasteiger partial charge in [0.25, 0.3) is 0 Å². The first kappa shape index (κ1) is 15.8. The van der Waals surface area contributed by atoms with Crippen LogP contribution in [-0.4, -0.2) is 23.7 Å². The number of amides is 1. The van der Waals surface area contributed by atoms with Gasteiger partial charge in [-0.25, -0.2) is 0 Å². The average Bonchev–Trinajstić information content (AvgIpc) is 2.57. The maximum atomic E-state index is 11.5. The molecule has 1 heterocycles. The largest absolute Gasteiger partial charge is 0.393 e. The van der Waals surface area contributed by atoms with Gasteiger partial charge < -0.3 is 10.4 Å². The summed E-state index contributed by atoms with van der Waals surface area (Å²) in [5.74, 6) is 0.00750. The number of rotatable bonds is 7. The van der Waals surface area contributed by atoms with E-state index in [-0.39, 0.29) is 12.0 Å². The minimum atomic E-state index is -0.378. The Hall–Kier alpha value is -0.290. The van der Waals surface area contributed by atoms with Crippen molar-refractivity contribution in [1.82, 2.24) is 5.32 Å². The third-order valence-corrected chi connectivity index (χ3v) is 4.03. The standard InChI is InChI=1S/C12H17Cl2NO2S/c1-8(16)5-6-15-11(17)4-2-3-9-7-10(13)18-12(9)14/h7-8,16H,2-6H2,1H3,(H,15,17). The van der Waals surface area contributed by atoms with Crippen molar-refractivity contribution >= 4 is 40.4 Å². The van der Waals surface area contributed by atoms with E-state index in [1.807, 2.05) is 6.07 Å². The van der Waals surface area contributed by atoms with Crippen LogP contribution in [0.4, 0.5) is 0 Å². The number of thiophene rings is 1. The summed E-state index contributed by atoms with van der Waals surface area (Å²) in [4.78, 5) is 11.5. The van der Waals surface area contributed by atoms with Crippen LogP contribution in [0, 0.1) is 0 Å². The van der Waals surface area contributed by atoms with Crippen molar-refractivity contribution in [1.29, 1.82) is 0 Å². The van der Waals surface area contributed by atoms with Gasteiger partial charge in [-0.3, -0.25) is 4.79 Å². The van der Waals surface area contributed by atoms with Crippen molar-refractivity contribution in [3.8, 4) is 0 Å². The summed E-state index contributed by atoms with van der Waals surface area (Å²) < 4.78 is 1.38. The minimum Gasteiger partial charge on any atom is -0.393 e. The maximum absolute atomic E-state index is 11.5. The van der Waals surface area contributed by atoms with Crippen molar-refractivity contribution in [3.05, 3.63) is 20.3 Å². The molecule has 2 N–H and O–H groups in total. The molecule has 18 heavy (non-hydrogen) atoms. The summed E-state index contributed by atoms with van der Waals surface area (Å²) in [6, 6.07) is 1.85. The predicted octanol–water partition coefficient (Wildman–Crippen LogP) is 3.26. The van der Waals surface area contributed by atoms with Crippen LogP contribution in [0.2, 0.25) is 8.67 Å². The second-order valence-electron chi connectivity index (χ2n) is 4.19. The molecule has 0 radical (unpaired) electrons. The smallest absolute Gasteiger partial charge is 0.220 e. The van der Waals surface area contributed by atoms with E-state index in [4.69, 9.17) is 28.3 Å². The first-order valence-corrected chi connectivity index (χ1v) is 7.44. The number of hydrogen-bond donors (Lipinski definition) is 2. The number of nitrogens with one attached hydrogen (secondary N) is 1. The summed E-state index contributed by atoms with van der Waals surface area (Å²) in [6.45, 7) is 2.22. The topological polar surface area (TPSA) is 49.3 Å². The SMILES string of the molecule is CC(O)CCNC(=O)CCCc1cc(Cl)sc1Cl. The molecule has 0 aromatic carbocycles. The Kier molecular flexibility index (Phi) is 7.00. The number of carbonyl (C=O) groups excluding carboxylic acids is 1. The zero-order chi connectivity index (χ0) is 13.5. The average molecular weight is 310 g/mol. The van der Waals surface area contributed by atoms with E-state index in [9.17, 15) is 4.79 Å². The molecule has 6 heteroatoms. The molecule has 0 aliphatic rings. The van der Waals surface area contributed by atoms with E-state index in [2.05, 4.69) is 5.32 Å². The fraction of sp³-hybridized carbons (Fsp3) is 0.583. The van der Waals surface area contributed by atoms with E-state index in [0.29, 0.717) is 28.1 Å². The van der Waals surface area contributed by atoms with E-state index in [1.54, 1.807) is 6.92 Å². The normalized spacial score (nSPS) is 12.4. The molecule has 0 bridgehead atoms. The Labute approximate surface area is 121 Å². The molecule has 0 saturated heterocycles. The zero-order valence-electron chi connectivity index (χ0n) is 10.2. The Morgan fingerprint density at radius 3 is 2.83 bits per heavy atom. The van der Waals surface area contributed by atoms with Gasteiger partial charge in [0.15, 0.2) is 0 Å². The Balaban J connectivity index is 2.17. The van der Waals surface area contributed by atoms with Gasteiger partial charge in [-0.05, 0) is 37.8 Å². The summed E-state index contributed by atoms with van der Waals surface area (Å²) in [5, 5.41) is 11.8. The van der Waals surface area contributed by atoms with Crippen molar-refractivity contribution in [3.63, 3.8) is 0 Å². The van der Waals surface area contributed by atoms with Crippen LogP contribution < -0.4 is 5.32 Å². The lowest BCUT2D eigenvalue weighted by Gasteiger charge is -2.06. The van der Waals surface area contributed by atoms with Gasteiger partial charge in [-0.1, -0.05) is 23.2 Å². The second kappa shape index (κ2) is 8.00. The molecule has 102 valence electrons. The van der Waals surface area contributed by atoms with Crippen LogP contribution in [0.15, 0.2) is 6.07 Å². The van der Waals surface area contributed by atoms with Crippen molar-refractivity contribution < 1.29 is 9.90 Å². The predicted molar refractivity (Wildman–Crippen MR) is 76.6 cm³/mol. The summed E-state index contributed by atoms with van der Waals surface area (Å²) in [7, 11) is 0. The van der Waals surface area contributed by atoms with Gasteiger partial charge in [0.1, 0.15) is 0 Å².